The standard InChI is InChI=1S/C15H30O/c1-2-3-4-5-6-7-8-9-10-11-12-13-14-15-16/h5-6,16H,2-4,7-15H2,1H3/b6-5-. The van der Waals surface area contributed by atoms with Crippen LogP contribution in [0.2, 0.25) is 0 Å². The van der Waals surface area contributed by atoms with Crippen LogP contribution in [0.5, 0.6) is 0 Å². The molecule has 0 fully saturated rings. The van der Waals surface area contributed by atoms with Crippen molar-refractivity contribution in [3.63, 3.8) is 0 Å². The van der Waals surface area contributed by atoms with Gasteiger partial charge in [0.1, 0.15) is 0 Å². The molecule has 0 aliphatic heterocycles. The molecule has 0 unspecified atom stereocenters. The van der Waals surface area contributed by atoms with E-state index < -0.39 is 0 Å². The summed E-state index contributed by atoms with van der Waals surface area (Å²) in [5.74, 6) is 0. The maximum Gasteiger partial charge on any atom is 0.0431 e. The predicted octanol–water partition coefficient (Wildman–Crippen LogP) is 4.85. The molecule has 0 rings (SSSR count). The van der Waals surface area contributed by atoms with Gasteiger partial charge < -0.3 is 5.11 Å². The van der Waals surface area contributed by atoms with Crippen LogP contribution in [0.15, 0.2) is 12.2 Å². The summed E-state index contributed by atoms with van der Waals surface area (Å²) in [6.07, 6.45) is 18.8. The third-order valence-corrected chi connectivity index (χ3v) is 2.92. The Labute approximate surface area is 102 Å². The second kappa shape index (κ2) is 14.7. The molecule has 0 aliphatic carbocycles. The largest absolute Gasteiger partial charge is 0.396 e. The van der Waals surface area contributed by atoms with Crippen molar-refractivity contribution in [2.45, 2.75) is 77.6 Å². The lowest BCUT2D eigenvalue weighted by atomic mass is 10.1. The minimum absolute atomic E-state index is 0.364. The van der Waals surface area contributed by atoms with Crippen molar-refractivity contribution in [2.24, 2.45) is 0 Å². The highest BCUT2D eigenvalue weighted by Crippen LogP contribution is 2.09. The van der Waals surface area contributed by atoms with Crippen LogP contribution >= 0.6 is 0 Å². The van der Waals surface area contributed by atoms with E-state index in [0.29, 0.717) is 6.61 Å². The van der Waals surface area contributed by atoms with Crippen LogP contribution in [0.3, 0.4) is 0 Å². The van der Waals surface area contributed by atoms with Crippen LogP contribution in [0.1, 0.15) is 77.6 Å². The van der Waals surface area contributed by atoms with Crippen molar-refractivity contribution in [3.05, 3.63) is 12.2 Å². The quantitative estimate of drug-likeness (QED) is 0.373. The Morgan fingerprint density at radius 3 is 1.75 bits per heavy atom. The van der Waals surface area contributed by atoms with Gasteiger partial charge in [0, 0.05) is 6.61 Å². The maximum atomic E-state index is 8.62. The van der Waals surface area contributed by atoms with E-state index in [1.165, 1.54) is 64.2 Å². The van der Waals surface area contributed by atoms with Gasteiger partial charge in [0.05, 0.1) is 0 Å². The van der Waals surface area contributed by atoms with E-state index in [2.05, 4.69) is 19.1 Å². The van der Waals surface area contributed by atoms with E-state index >= 15 is 0 Å². The van der Waals surface area contributed by atoms with Crippen molar-refractivity contribution in [3.8, 4) is 0 Å². The summed E-state index contributed by atoms with van der Waals surface area (Å²) in [6.45, 7) is 2.60. The molecule has 0 amide bonds. The number of aliphatic hydroxyl groups is 1. The summed E-state index contributed by atoms with van der Waals surface area (Å²) in [4.78, 5) is 0. The Morgan fingerprint density at radius 1 is 0.688 bits per heavy atom. The third kappa shape index (κ3) is 13.7. The molecule has 16 heavy (non-hydrogen) atoms. The minimum atomic E-state index is 0.364. The lowest BCUT2D eigenvalue weighted by Gasteiger charge is -1.99. The molecule has 1 heteroatoms. The molecule has 0 saturated carbocycles. The summed E-state index contributed by atoms with van der Waals surface area (Å²) in [5.41, 5.74) is 0. The Morgan fingerprint density at radius 2 is 1.19 bits per heavy atom. The molecule has 0 atom stereocenters. The van der Waals surface area contributed by atoms with Crippen LogP contribution < -0.4 is 0 Å². The Bertz CT molecular complexity index is 140. The molecule has 0 saturated heterocycles. The van der Waals surface area contributed by atoms with Gasteiger partial charge in [0.2, 0.25) is 0 Å². The number of unbranched alkanes of at least 4 members (excludes halogenated alkanes) is 9. The normalized spacial score (nSPS) is 11.4. The number of allylic oxidation sites excluding steroid dienone is 2. The van der Waals surface area contributed by atoms with Crippen molar-refractivity contribution >= 4 is 0 Å². The van der Waals surface area contributed by atoms with E-state index in [4.69, 9.17) is 5.11 Å². The maximum absolute atomic E-state index is 8.62. The molecule has 0 aliphatic rings. The number of aliphatic hydroxyl groups excluding tert-OH is 1. The fourth-order valence-electron chi connectivity index (χ4n) is 1.82. The zero-order chi connectivity index (χ0) is 11.9. The van der Waals surface area contributed by atoms with Gasteiger partial charge in [0.15, 0.2) is 0 Å². The van der Waals surface area contributed by atoms with E-state index in [9.17, 15) is 0 Å². The molecule has 0 aromatic heterocycles. The minimum Gasteiger partial charge on any atom is -0.396 e. The molecule has 0 bridgehead atoms. The van der Waals surface area contributed by atoms with E-state index in [-0.39, 0.29) is 0 Å². The van der Waals surface area contributed by atoms with Crippen LogP contribution in [0.25, 0.3) is 0 Å². The summed E-state index contributed by atoms with van der Waals surface area (Å²) < 4.78 is 0. The van der Waals surface area contributed by atoms with Gasteiger partial charge in [-0.15, -0.1) is 0 Å². The average molecular weight is 226 g/mol. The molecule has 0 spiro atoms. The first-order valence-corrected chi connectivity index (χ1v) is 7.17. The molecular weight excluding hydrogens is 196 g/mol. The summed E-state index contributed by atoms with van der Waals surface area (Å²) in [6, 6.07) is 0. The third-order valence-electron chi connectivity index (χ3n) is 2.92. The first-order valence-electron chi connectivity index (χ1n) is 7.17. The summed E-state index contributed by atoms with van der Waals surface area (Å²) >= 11 is 0. The fourth-order valence-corrected chi connectivity index (χ4v) is 1.82. The molecule has 0 aromatic rings. The van der Waals surface area contributed by atoms with Crippen LogP contribution in [-0.4, -0.2) is 11.7 Å². The highest BCUT2D eigenvalue weighted by atomic mass is 16.2. The SMILES string of the molecule is CCCC/C=C\CCCCCCCCCO. The highest BCUT2D eigenvalue weighted by molar-refractivity contribution is 4.80. The molecule has 0 aromatic carbocycles. The van der Waals surface area contributed by atoms with E-state index in [1.54, 1.807) is 0 Å². The van der Waals surface area contributed by atoms with Gasteiger partial charge in [-0.1, -0.05) is 64.0 Å². The van der Waals surface area contributed by atoms with Gasteiger partial charge in [-0.05, 0) is 25.7 Å². The number of hydrogen-bond acceptors (Lipinski definition) is 1. The van der Waals surface area contributed by atoms with Gasteiger partial charge in [-0.25, -0.2) is 0 Å². The molecular formula is C15H30O. The van der Waals surface area contributed by atoms with Gasteiger partial charge in [-0.2, -0.15) is 0 Å². The number of hydrogen-bond donors (Lipinski definition) is 1. The summed E-state index contributed by atoms with van der Waals surface area (Å²) in [7, 11) is 0. The van der Waals surface area contributed by atoms with Crippen LogP contribution in [0, 0.1) is 0 Å². The van der Waals surface area contributed by atoms with Gasteiger partial charge in [-0.3, -0.25) is 0 Å². The van der Waals surface area contributed by atoms with Crippen molar-refractivity contribution in [1.29, 1.82) is 0 Å². The Kier molecular flexibility index (Phi) is 14.4. The van der Waals surface area contributed by atoms with Gasteiger partial charge in [0.25, 0.3) is 0 Å². The molecule has 96 valence electrons. The lowest BCUT2D eigenvalue weighted by Crippen LogP contribution is -1.83. The molecule has 1 nitrogen and oxygen atoms in total. The zero-order valence-electron chi connectivity index (χ0n) is 11.1. The Balaban J connectivity index is 2.95. The first-order chi connectivity index (χ1) is 7.91. The summed E-state index contributed by atoms with van der Waals surface area (Å²) in [5, 5.41) is 8.62. The van der Waals surface area contributed by atoms with Crippen LogP contribution in [0.4, 0.5) is 0 Å². The molecule has 1 N–H and O–H groups in total. The number of rotatable bonds is 12. The Hall–Kier alpha value is -0.300. The highest BCUT2D eigenvalue weighted by Gasteiger charge is 1.90. The van der Waals surface area contributed by atoms with Crippen molar-refractivity contribution in [2.75, 3.05) is 6.61 Å². The monoisotopic (exact) mass is 226 g/mol. The van der Waals surface area contributed by atoms with E-state index in [0.717, 1.165) is 6.42 Å². The second-order valence-corrected chi connectivity index (χ2v) is 4.60. The van der Waals surface area contributed by atoms with Gasteiger partial charge >= 0.3 is 0 Å². The first kappa shape index (κ1) is 15.7. The fraction of sp³-hybridized carbons (Fsp3) is 0.867. The zero-order valence-corrected chi connectivity index (χ0v) is 11.1. The smallest absolute Gasteiger partial charge is 0.0431 e. The van der Waals surface area contributed by atoms with Crippen LogP contribution in [-0.2, 0) is 0 Å². The average Bonchev–Trinajstić information content (AvgIpc) is 2.31. The van der Waals surface area contributed by atoms with E-state index in [1.807, 2.05) is 0 Å². The van der Waals surface area contributed by atoms with Crippen molar-refractivity contribution < 1.29 is 5.11 Å². The lowest BCUT2D eigenvalue weighted by molar-refractivity contribution is 0.282. The topological polar surface area (TPSA) is 20.2 Å². The molecule has 0 radical (unpaired) electrons. The second-order valence-electron chi connectivity index (χ2n) is 4.60. The predicted molar refractivity (Wildman–Crippen MR) is 72.7 cm³/mol. The molecule has 0 heterocycles. The van der Waals surface area contributed by atoms with Crippen molar-refractivity contribution in [1.82, 2.24) is 0 Å².